The molecule has 0 unspecified atom stereocenters. The van der Waals surface area contributed by atoms with Gasteiger partial charge in [0, 0.05) is 24.1 Å². The van der Waals surface area contributed by atoms with Crippen molar-refractivity contribution in [3.8, 4) is 11.5 Å². The number of hydrogen-bond donors (Lipinski definition) is 1. The molecule has 0 atom stereocenters. The molecule has 0 spiro atoms. The average molecular weight is 281 g/mol. The van der Waals surface area contributed by atoms with Crippen molar-refractivity contribution in [3.05, 3.63) is 59.8 Å². The Balaban J connectivity index is 1.82. The van der Waals surface area contributed by atoms with E-state index in [2.05, 4.69) is 42.1 Å². The van der Waals surface area contributed by atoms with Crippen LogP contribution in [0.4, 0.5) is 0 Å². The maximum absolute atomic E-state index is 9.84. The van der Waals surface area contributed by atoms with E-state index in [1.807, 2.05) is 12.1 Å². The summed E-state index contributed by atoms with van der Waals surface area (Å²) >= 11 is 0. The van der Waals surface area contributed by atoms with E-state index >= 15 is 0 Å². The lowest BCUT2D eigenvalue weighted by atomic mass is 10.0. The van der Waals surface area contributed by atoms with Crippen molar-refractivity contribution >= 4 is 10.9 Å². The van der Waals surface area contributed by atoms with Crippen LogP contribution in [0.25, 0.3) is 10.9 Å². The molecule has 3 nitrogen and oxygen atoms in total. The topological polar surface area (TPSA) is 34.4 Å². The first kappa shape index (κ1) is 13.6. The minimum atomic E-state index is 0.202. The van der Waals surface area contributed by atoms with Gasteiger partial charge in [0.1, 0.15) is 0 Å². The number of fused-ring (bicyclic) bond motifs is 1. The largest absolute Gasteiger partial charge is 0.504 e. The maximum atomic E-state index is 9.84. The summed E-state index contributed by atoms with van der Waals surface area (Å²) in [4.78, 5) is 0. The Bertz CT molecular complexity index is 774. The Labute approximate surface area is 124 Å². The van der Waals surface area contributed by atoms with Gasteiger partial charge in [0.25, 0.3) is 0 Å². The molecular formula is C18H19NO2. The highest BCUT2D eigenvalue weighted by molar-refractivity contribution is 5.83. The van der Waals surface area contributed by atoms with Crippen LogP contribution in [0.5, 0.6) is 11.5 Å². The molecule has 2 aromatic carbocycles. The second kappa shape index (κ2) is 5.52. The van der Waals surface area contributed by atoms with Crippen LogP contribution >= 0.6 is 0 Å². The summed E-state index contributed by atoms with van der Waals surface area (Å²) in [6, 6.07) is 14.0. The van der Waals surface area contributed by atoms with Crippen molar-refractivity contribution in [2.24, 2.45) is 7.05 Å². The van der Waals surface area contributed by atoms with Gasteiger partial charge in [0.2, 0.25) is 0 Å². The van der Waals surface area contributed by atoms with Crippen LogP contribution in [-0.4, -0.2) is 16.8 Å². The molecule has 0 saturated carbocycles. The standard InChI is InChI=1S/C18H19NO2/c1-19-12-14(15-5-3-4-6-16(15)19)9-7-13-8-10-18(21-2)17(20)11-13/h3-6,8,10-12,20H,7,9H2,1-2H3. The van der Waals surface area contributed by atoms with Gasteiger partial charge in [-0.1, -0.05) is 24.3 Å². The summed E-state index contributed by atoms with van der Waals surface area (Å²) in [6.45, 7) is 0. The Morgan fingerprint density at radius 3 is 2.67 bits per heavy atom. The average Bonchev–Trinajstić information content (AvgIpc) is 2.82. The summed E-state index contributed by atoms with van der Waals surface area (Å²) < 4.78 is 7.23. The fourth-order valence-corrected chi connectivity index (χ4v) is 2.79. The van der Waals surface area contributed by atoms with Gasteiger partial charge in [0.15, 0.2) is 11.5 Å². The summed E-state index contributed by atoms with van der Waals surface area (Å²) in [6.07, 6.45) is 4.03. The van der Waals surface area contributed by atoms with Crippen molar-refractivity contribution in [1.82, 2.24) is 4.57 Å². The van der Waals surface area contributed by atoms with E-state index in [1.54, 1.807) is 13.2 Å². The van der Waals surface area contributed by atoms with E-state index < -0.39 is 0 Å². The van der Waals surface area contributed by atoms with E-state index in [0.717, 1.165) is 18.4 Å². The number of aromatic hydroxyl groups is 1. The third kappa shape index (κ3) is 2.59. The normalized spacial score (nSPS) is 11.0. The highest BCUT2D eigenvalue weighted by atomic mass is 16.5. The Morgan fingerprint density at radius 1 is 1.10 bits per heavy atom. The molecule has 3 rings (SSSR count). The molecule has 0 aliphatic carbocycles. The molecule has 3 heteroatoms. The first-order valence-electron chi connectivity index (χ1n) is 7.08. The summed E-state index contributed by atoms with van der Waals surface area (Å²) in [5, 5.41) is 11.1. The molecule has 0 amide bonds. The predicted octanol–water partition coefficient (Wildman–Crippen LogP) is 3.68. The number of aryl methyl sites for hydroxylation is 3. The smallest absolute Gasteiger partial charge is 0.160 e. The van der Waals surface area contributed by atoms with Gasteiger partial charge in [-0.3, -0.25) is 0 Å². The molecule has 1 N–H and O–H groups in total. The van der Waals surface area contributed by atoms with Crippen LogP contribution in [0.1, 0.15) is 11.1 Å². The first-order valence-corrected chi connectivity index (χ1v) is 7.08. The zero-order valence-electron chi connectivity index (χ0n) is 12.3. The summed E-state index contributed by atoms with van der Waals surface area (Å²) in [5.41, 5.74) is 3.70. The van der Waals surface area contributed by atoms with Gasteiger partial charge in [0.05, 0.1) is 7.11 Å². The number of benzene rings is 2. The number of aromatic nitrogens is 1. The monoisotopic (exact) mass is 281 g/mol. The molecule has 108 valence electrons. The molecule has 1 heterocycles. The van der Waals surface area contributed by atoms with E-state index in [4.69, 9.17) is 4.74 Å². The third-order valence-corrected chi connectivity index (χ3v) is 3.91. The van der Waals surface area contributed by atoms with E-state index in [-0.39, 0.29) is 5.75 Å². The molecule has 21 heavy (non-hydrogen) atoms. The van der Waals surface area contributed by atoms with Crippen LogP contribution in [0.3, 0.4) is 0 Å². The number of methoxy groups -OCH3 is 1. The summed E-state index contributed by atoms with van der Waals surface area (Å²) in [7, 11) is 3.63. The number of nitrogens with zero attached hydrogens (tertiary/aromatic N) is 1. The number of rotatable bonds is 4. The number of para-hydroxylation sites is 1. The highest BCUT2D eigenvalue weighted by Crippen LogP contribution is 2.27. The molecule has 3 aromatic rings. The lowest BCUT2D eigenvalue weighted by Crippen LogP contribution is -1.92. The predicted molar refractivity (Wildman–Crippen MR) is 85.0 cm³/mol. The molecule has 0 radical (unpaired) electrons. The first-order chi connectivity index (χ1) is 10.2. The molecule has 0 aliphatic rings. The van der Waals surface area contributed by atoms with Gasteiger partial charge in [-0.2, -0.15) is 0 Å². The summed E-state index contributed by atoms with van der Waals surface area (Å²) in [5.74, 6) is 0.719. The molecule has 0 fully saturated rings. The van der Waals surface area contributed by atoms with Crippen molar-refractivity contribution in [3.63, 3.8) is 0 Å². The zero-order chi connectivity index (χ0) is 14.8. The second-order valence-corrected chi connectivity index (χ2v) is 5.29. The van der Waals surface area contributed by atoms with Crippen LogP contribution in [0, 0.1) is 0 Å². The van der Waals surface area contributed by atoms with Crippen molar-refractivity contribution < 1.29 is 9.84 Å². The fourth-order valence-electron chi connectivity index (χ4n) is 2.79. The van der Waals surface area contributed by atoms with Gasteiger partial charge in [-0.25, -0.2) is 0 Å². The van der Waals surface area contributed by atoms with Gasteiger partial charge in [-0.15, -0.1) is 0 Å². The van der Waals surface area contributed by atoms with Crippen molar-refractivity contribution in [2.45, 2.75) is 12.8 Å². The quantitative estimate of drug-likeness (QED) is 0.791. The van der Waals surface area contributed by atoms with E-state index in [9.17, 15) is 5.11 Å². The van der Waals surface area contributed by atoms with E-state index in [1.165, 1.54) is 16.5 Å². The second-order valence-electron chi connectivity index (χ2n) is 5.29. The van der Waals surface area contributed by atoms with Gasteiger partial charge in [-0.05, 0) is 42.2 Å². The molecular weight excluding hydrogens is 262 g/mol. The van der Waals surface area contributed by atoms with Crippen LogP contribution in [-0.2, 0) is 19.9 Å². The van der Waals surface area contributed by atoms with Gasteiger partial charge < -0.3 is 14.4 Å². The Morgan fingerprint density at radius 2 is 1.90 bits per heavy atom. The molecule has 0 aliphatic heterocycles. The minimum Gasteiger partial charge on any atom is -0.504 e. The van der Waals surface area contributed by atoms with Crippen molar-refractivity contribution in [2.75, 3.05) is 7.11 Å². The SMILES string of the molecule is COc1ccc(CCc2cn(C)c3ccccc23)cc1O. The number of ether oxygens (including phenoxy) is 1. The fraction of sp³-hybridized carbons (Fsp3) is 0.222. The van der Waals surface area contributed by atoms with Crippen LogP contribution in [0.15, 0.2) is 48.7 Å². The third-order valence-electron chi connectivity index (χ3n) is 3.91. The Kier molecular flexibility index (Phi) is 3.57. The number of hydrogen-bond acceptors (Lipinski definition) is 2. The minimum absolute atomic E-state index is 0.202. The number of phenolic OH excluding ortho intramolecular Hbond substituents is 1. The zero-order valence-corrected chi connectivity index (χ0v) is 12.3. The molecule has 0 bridgehead atoms. The lowest BCUT2D eigenvalue weighted by Gasteiger charge is -2.06. The molecule has 1 aromatic heterocycles. The highest BCUT2D eigenvalue weighted by Gasteiger charge is 2.07. The lowest BCUT2D eigenvalue weighted by molar-refractivity contribution is 0.373. The van der Waals surface area contributed by atoms with Crippen LogP contribution < -0.4 is 4.74 Å². The van der Waals surface area contributed by atoms with Gasteiger partial charge >= 0.3 is 0 Å². The van der Waals surface area contributed by atoms with Crippen molar-refractivity contribution in [1.29, 1.82) is 0 Å². The molecule has 0 saturated heterocycles. The maximum Gasteiger partial charge on any atom is 0.160 e. The van der Waals surface area contributed by atoms with Crippen LogP contribution in [0.2, 0.25) is 0 Å². The van der Waals surface area contributed by atoms with E-state index in [0.29, 0.717) is 5.75 Å². The Hall–Kier alpha value is -2.42. The number of phenols is 1.